The summed E-state index contributed by atoms with van der Waals surface area (Å²) in [5.41, 5.74) is 2.26. The van der Waals surface area contributed by atoms with Gasteiger partial charge in [0, 0.05) is 18.0 Å². The number of thiazole rings is 1. The second kappa shape index (κ2) is 6.68. The SMILES string of the molecule is Cc1nc(COc2ccc(CNC(C)C)cc2)cs1. The molecule has 0 fully saturated rings. The van der Waals surface area contributed by atoms with Gasteiger partial charge in [0.2, 0.25) is 0 Å². The van der Waals surface area contributed by atoms with Gasteiger partial charge in [0.05, 0.1) is 10.7 Å². The van der Waals surface area contributed by atoms with Crippen LogP contribution in [0.15, 0.2) is 29.6 Å². The molecule has 1 heterocycles. The van der Waals surface area contributed by atoms with E-state index >= 15 is 0 Å². The highest BCUT2D eigenvalue weighted by Crippen LogP contribution is 2.15. The summed E-state index contributed by atoms with van der Waals surface area (Å²) in [4.78, 5) is 4.38. The van der Waals surface area contributed by atoms with Gasteiger partial charge in [-0.15, -0.1) is 11.3 Å². The van der Waals surface area contributed by atoms with Crippen LogP contribution in [0.5, 0.6) is 5.75 Å². The maximum atomic E-state index is 5.71. The van der Waals surface area contributed by atoms with Crippen molar-refractivity contribution < 1.29 is 4.74 Å². The van der Waals surface area contributed by atoms with Crippen LogP contribution in [0.25, 0.3) is 0 Å². The second-order valence-electron chi connectivity index (χ2n) is 4.83. The molecule has 102 valence electrons. The molecule has 1 N–H and O–H groups in total. The molecule has 0 aliphatic carbocycles. The highest BCUT2D eigenvalue weighted by molar-refractivity contribution is 7.09. The van der Waals surface area contributed by atoms with E-state index in [9.17, 15) is 0 Å². The van der Waals surface area contributed by atoms with Crippen molar-refractivity contribution in [1.82, 2.24) is 10.3 Å². The van der Waals surface area contributed by atoms with Gasteiger partial charge in [-0.25, -0.2) is 4.98 Å². The van der Waals surface area contributed by atoms with Crippen molar-refractivity contribution in [2.24, 2.45) is 0 Å². The van der Waals surface area contributed by atoms with Crippen molar-refractivity contribution in [3.8, 4) is 5.75 Å². The van der Waals surface area contributed by atoms with Crippen LogP contribution in [-0.2, 0) is 13.2 Å². The Hall–Kier alpha value is -1.39. The Bertz CT molecular complexity index is 505. The third-order valence-corrected chi connectivity index (χ3v) is 3.51. The molecule has 0 saturated carbocycles. The molecule has 4 heteroatoms. The smallest absolute Gasteiger partial charge is 0.131 e. The van der Waals surface area contributed by atoms with Crippen molar-refractivity contribution >= 4 is 11.3 Å². The number of aryl methyl sites for hydroxylation is 1. The Morgan fingerprint density at radius 1 is 1.26 bits per heavy atom. The molecule has 0 bridgehead atoms. The van der Waals surface area contributed by atoms with Crippen molar-refractivity contribution in [3.05, 3.63) is 45.9 Å². The number of ether oxygens (including phenoxy) is 1. The molecular formula is C15H20N2OS. The van der Waals surface area contributed by atoms with Crippen LogP contribution in [-0.4, -0.2) is 11.0 Å². The first kappa shape index (κ1) is 14.0. The Morgan fingerprint density at radius 3 is 2.58 bits per heavy atom. The molecule has 0 unspecified atom stereocenters. The normalized spacial score (nSPS) is 10.9. The van der Waals surface area contributed by atoms with Crippen LogP contribution in [0.2, 0.25) is 0 Å². The lowest BCUT2D eigenvalue weighted by Crippen LogP contribution is -2.21. The summed E-state index contributed by atoms with van der Waals surface area (Å²) in [7, 11) is 0. The van der Waals surface area contributed by atoms with E-state index in [-0.39, 0.29) is 0 Å². The number of benzene rings is 1. The molecule has 0 aliphatic rings. The van der Waals surface area contributed by atoms with Gasteiger partial charge in [-0.05, 0) is 24.6 Å². The molecule has 0 spiro atoms. The zero-order chi connectivity index (χ0) is 13.7. The van der Waals surface area contributed by atoms with Crippen molar-refractivity contribution in [2.75, 3.05) is 0 Å². The Labute approximate surface area is 118 Å². The fourth-order valence-corrected chi connectivity index (χ4v) is 2.25. The van der Waals surface area contributed by atoms with Gasteiger partial charge < -0.3 is 10.1 Å². The number of aromatic nitrogens is 1. The van der Waals surface area contributed by atoms with E-state index in [0.29, 0.717) is 12.6 Å². The fraction of sp³-hybridized carbons (Fsp3) is 0.400. The molecule has 0 aliphatic heterocycles. The first-order chi connectivity index (χ1) is 9.13. The van der Waals surface area contributed by atoms with Gasteiger partial charge in [-0.2, -0.15) is 0 Å². The molecule has 19 heavy (non-hydrogen) atoms. The highest BCUT2D eigenvalue weighted by Gasteiger charge is 2.00. The molecule has 2 rings (SSSR count). The summed E-state index contributed by atoms with van der Waals surface area (Å²) in [5.74, 6) is 0.888. The van der Waals surface area contributed by atoms with Crippen LogP contribution >= 0.6 is 11.3 Å². The number of nitrogens with zero attached hydrogens (tertiary/aromatic N) is 1. The van der Waals surface area contributed by atoms with E-state index in [4.69, 9.17) is 4.74 Å². The third kappa shape index (κ3) is 4.65. The van der Waals surface area contributed by atoms with E-state index in [1.54, 1.807) is 11.3 Å². The van der Waals surface area contributed by atoms with E-state index in [2.05, 4.69) is 36.3 Å². The van der Waals surface area contributed by atoms with E-state index in [1.165, 1.54) is 5.56 Å². The first-order valence-electron chi connectivity index (χ1n) is 6.49. The molecule has 0 amide bonds. The van der Waals surface area contributed by atoms with Gasteiger partial charge >= 0.3 is 0 Å². The van der Waals surface area contributed by atoms with Crippen LogP contribution in [0.3, 0.4) is 0 Å². The van der Waals surface area contributed by atoms with E-state index in [0.717, 1.165) is 23.0 Å². The van der Waals surface area contributed by atoms with Crippen LogP contribution < -0.4 is 10.1 Å². The predicted octanol–water partition coefficient (Wildman–Crippen LogP) is 3.53. The Balaban J connectivity index is 1.84. The van der Waals surface area contributed by atoms with Gasteiger partial charge in [0.15, 0.2) is 0 Å². The van der Waals surface area contributed by atoms with Crippen molar-refractivity contribution in [3.63, 3.8) is 0 Å². The Morgan fingerprint density at radius 2 is 2.00 bits per heavy atom. The quantitative estimate of drug-likeness (QED) is 0.876. The molecule has 0 atom stereocenters. The monoisotopic (exact) mass is 276 g/mol. The average molecular weight is 276 g/mol. The Kier molecular flexibility index (Phi) is 4.93. The first-order valence-corrected chi connectivity index (χ1v) is 7.37. The molecule has 0 saturated heterocycles. The molecule has 0 radical (unpaired) electrons. The van der Waals surface area contributed by atoms with Crippen molar-refractivity contribution in [1.29, 1.82) is 0 Å². The third-order valence-electron chi connectivity index (χ3n) is 2.69. The van der Waals surface area contributed by atoms with Gasteiger partial charge in [0.25, 0.3) is 0 Å². The second-order valence-corrected chi connectivity index (χ2v) is 5.89. The number of hydrogen-bond acceptors (Lipinski definition) is 4. The minimum absolute atomic E-state index is 0.504. The average Bonchev–Trinajstić information content (AvgIpc) is 2.81. The molecule has 3 nitrogen and oxygen atoms in total. The standard InChI is InChI=1S/C15H20N2OS/c1-11(2)16-8-13-4-6-15(7-5-13)18-9-14-10-19-12(3)17-14/h4-7,10-11,16H,8-9H2,1-3H3. The summed E-state index contributed by atoms with van der Waals surface area (Å²) in [6, 6.07) is 8.71. The predicted molar refractivity (Wildman–Crippen MR) is 79.6 cm³/mol. The van der Waals surface area contributed by atoms with E-state index in [1.807, 2.05) is 24.4 Å². The topological polar surface area (TPSA) is 34.1 Å². The minimum Gasteiger partial charge on any atom is -0.487 e. The maximum absolute atomic E-state index is 5.71. The lowest BCUT2D eigenvalue weighted by Gasteiger charge is -2.09. The van der Waals surface area contributed by atoms with Crippen LogP contribution in [0.1, 0.15) is 30.1 Å². The van der Waals surface area contributed by atoms with Gasteiger partial charge in [-0.3, -0.25) is 0 Å². The number of nitrogens with one attached hydrogen (secondary N) is 1. The zero-order valence-corrected chi connectivity index (χ0v) is 12.5. The molecular weight excluding hydrogens is 256 g/mol. The maximum Gasteiger partial charge on any atom is 0.131 e. The van der Waals surface area contributed by atoms with Crippen LogP contribution in [0, 0.1) is 6.92 Å². The van der Waals surface area contributed by atoms with Crippen LogP contribution in [0.4, 0.5) is 0 Å². The lowest BCUT2D eigenvalue weighted by atomic mass is 10.2. The molecule has 1 aromatic carbocycles. The van der Waals surface area contributed by atoms with Crippen molar-refractivity contribution in [2.45, 2.75) is 40.0 Å². The zero-order valence-electron chi connectivity index (χ0n) is 11.6. The number of rotatable bonds is 6. The summed E-state index contributed by atoms with van der Waals surface area (Å²) >= 11 is 1.65. The van der Waals surface area contributed by atoms with E-state index < -0.39 is 0 Å². The van der Waals surface area contributed by atoms with Gasteiger partial charge in [-0.1, -0.05) is 26.0 Å². The number of hydrogen-bond donors (Lipinski definition) is 1. The largest absolute Gasteiger partial charge is 0.487 e. The summed E-state index contributed by atoms with van der Waals surface area (Å²) in [5, 5.41) is 6.51. The highest BCUT2D eigenvalue weighted by atomic mass is 32.1. The summed E-state index contributed by atoms with van der Waals surface area (Å²) < 4.78 is 5.71. The molecule has 2 aromatic rings. The fourth-order valence-electron chi connectivity index (χ4n) is 1.66. The minimum atomic E-state index is 0.504. The molecule has 1 aromatic heterocycles. The summed E-state index contributed by atoms with van der Waals surface area (Å²) in [6.45, 7) is 7.72. The van der Waals surface area contributed by atoms with Gasteiger partial charge in [0.1, 0.15) is 12.4 Å². The lowest BCUT2D eigenvalue weighted by molar-refractivity contribution is 0.302. The summed E-state index contributed by atoms with van der Waals surface area (Å²) in [6.07, 6.45) is 0.